The Morgan fingerprint density at radius 2 is 1.52 bits per heavy atom. The van der Waals surface area contributed by atoms with Gasteiger partial charge in [-0.05, 0) is 46.9 Å². The first-order valence-electron chi connectivity index (χ1n) is 8.69. The van der Waals surface area contributed by atoms with Gasteiger partial charge >= 0.3 is 6.11 Å². The van der Waals surface area contributed by atoms with E-state index in [-0.39, 0.29) is 16.7 Å². The SMILES string of the molecule is CCCc1ccc(-c2ccc3c(c2)C(F)(F)Oc2c-3ccc(F)c2F)cc1. The molecule has 0 radical (unpaired) electrons. The van der Waals surface area contributed by atoms with Crippen LogP contribution in [0.2, 0.25) is 0 Å². The largest absolute Gasteiger partial charge is 0.427 e. The van der Waals surface area contributed by atoms with E-state index in [9.17, 15) is 17.6 Å². The minimum atomic E-state index is -3.75. The van der Waals surface area contributed by atoms with E-state index in [1.165, 1.54) is 23.8 Å². The van der Waals surface area contributed by atoms with Gasteiger partial charge in [-0.1, -0.05) is 49.7 Å². The molecule has 3 aromatic rings. The van der Waals surface area contributed by atoms with Crippen molar-refractivity contribution in [3.05, 3.63) is 77.4 Å². The van der Waals surface area contributed by atoms with Crippen LogP contribution in [0.3, 0.4) is 0 Å². The van der Waals surface area contributed by atoms with Gasteiger partial charge in [-0.3, -0.25) is 0 Å². The molecule has 1 heterocycles. The summed E-state index contributed by atoms with van der Waals surface area (Å²) in [6, 6.07) is 14.4. The van der Waals surface area contributed by atoms with Crippen molar-refractivity contribution in [2.75, 3.05) is 0 Å². The van der Waals surface area contributed by atoms with Crippen LogP contribution in [0.1, 0.15) is 24.5 Å². The summed E-state index contributed by atoms with van der Waals surface area (Å²) in [6.07, 6.45) is -1.78. The topological polar surface area (TPSA) is 9.23 Å². The molecular formula is C22H16F4O. The van der Waals surface area contributed by atoms with Crippen LogP contribution < -0.4 is 4.74 Å². The number of halogens is 4. The molecule has 1 nitrogen and oxygen atoms in total. The van der Waals surface area contributed by atoms with Gasteiger partial charge in [0.05, 0.1) is 5.56 Å². The molecule has 0 fully saturated rings. The van der Waals surface area contributed by atoms with E-state index in [0.717, 1.165) is 24.5 Å². The lowest BCUT2D eigenvalue weighted by Gasteiger charge is -2.28. The van der Waals surface area contributed by atoms with Crippen LogP contribution in [-0.4, -0.2) is 0 Å². The van der Waals surface area contributed by atoms with E-state index in [0.29, 0.717) is 5.56 Å². The van der Waals surface area contributed by atoms with Crippen molar-refractivity contribution >= 4 is 0 Å². The molecule has 3 aromatic carbocycles. The van der Waals surface area contributed by atoms with Gasteiger partial charge in [-0.25, -0.2) is 4.39 Å². The minimum absolute atomic E-state index is 0.111. The fraction of sp³-hybridized carbons (Fsp3) is 0.182. The van der Waals surface area contributed by atoms with Crippen molar-refractivity contribution in [3.8, 4) is 28.0 Å². The fourth-order valence-corrected chi connectivity index (χ4v) is 3.38. The van der Waals surface area contributed by atoms with E-state index in [4.69, 9.17) is 0 Å². The Hall–Kier alpha value is -2.82. The first-order valence-corrected chi connectivity index (χ1v) is 8.69. The van der Waals surface area contributed by atoms with E-state index in [2.05, 4.69) is 11.7 Å². The number of benzene rings is 3. The van der Waals surface area contributed by atoms with Gasteiger partial charge in [-0.2, -0.15) is 13.2 Å². The van der Waals surface area contributed by atoms with Gasteiger partial charge in [0.2, 0.25) is 5.82 Å². The number of aryl methyl sites for hydroxylation is 1. The highest BCUT2D eigenvalue weighted by Crippen LogP contribution is 2.49. The summed E-state index contributed by atoms with van der Waals surface area (Å²) in [7, 11) is 0. The molecular weight excluding hydrogens is 356 g/mol. The van der Waals surface area contributed by atoms with E-state index >= 15 is 0 Å². The normalized spacial score (nSPS) is 14.3. The predicted molar refractivity (Wildman–Crippen MR) is 95.7 cm³/mol. The van der Waals surface area contributed by atoms with E-state index < -0.39 is 23.5 Å². The molecule has 0 saturated carbocycles. The zero-order chi connectivity index (χ0) is 19.2. The Labute approximate surface area is 154 Å². The van der Waals surface area contributed by atoms with Crippen LogP contribution >= 0.6 is 0 Å². The van der Waals surface area contributed by atoms with Crippen molar-refractivity contribution < 1.29 is 22.3 Å². The third-order valence-electron chi connectivity index (χ3n) is 4.73. The lowest BCUT2D eigenvalue weighted by molar-refractivity contribution is -0.188. The average Bonchev–Trinajstić information content (AvgIpc) is 2.66. The van der Waals surface area contributed by atoms with E-state index in [1.807, 2.05) is 24.3 Å². The molecule has 1 aliphatic heterocycles. The standard InChI is InChI=1S/C22H16F4O/c1-2-3-13-4-6-14(7-5-13)15-8-9-16-17-10-11-19(23)20(24)21(17)27-22(25,26)18(16)12-15/h4-12H,2-3H2,1H3. The molecule has 1 aliphatic rings. The zero-order valence-corrected chi connectivity index (χ0v) is 14.5. The number of hydrogen-bond donors (Lipinski definition) is 0. The maximum atomic E-state index is 14.5. The molecule has 0 aromatic heterocycles. The molecule has 0 N–H and O–H groups in total. The third kappa shape index (κ3) is 2.97. The Kier molecular flexibility index (Phi) is 4.17. The second kappa shape index (κ2) is 6.41. The van der Waals surface area contributed by atoms with Crippen LogP contribution in [0.15, 0.2) is 54.6 Å². The lowest BCUT2D eigenvalue weighted by Crippen LogP contribution is -2.27. The van der Waals surface area contributed by atoms with Gasteiger partial charge in [0.1, 0.15) is 0 Å². The Bertz CT molecular complexity index is 1010. The fourth-order valence-electron chi connectivity index (χ4n) is 3.38. The average molecular weight is 372 g/mol. The van der Waals surface area contributed by atoms with Gasteiger partial charge < -0.3 is 4.74 Å². The molecule has 4 rings (SSSR count). The molecule has 27 heavy (non-hydrogen) atoms. The number of alkyl halides is 2. The lowest BCUT2D eigenvalue weighted by atomic mass is 9.91. The van der Waals surface area contributed by atoms with Crippen molar-refractivity contribution in [1.29, 1.82) is 0 Å². The molecule has 0 spiro atoms. The molecule has 0 atom stereocenters. The monoisotopic (exact) mass is 372 g/mol. The Morgan fingerprint density at radius 3 is 2.22 bits per heavy atom. The molecule has 0 saturated heterocycles. The van der Waals surface area contributed by atoms with Crippen molar-refractivity contribution in [3.63, 3.8) is 0 Å². The highest BCUT2D eigenvalue weighted by atomic mass is 19.3. The number of rotatable bonds is 3. The quantitative estimate of drug-likeness (QED) is 0.465. The maximum Gasteiger partial charge on any atom is 0.427 e. The predicted octanol–water partition coefficient (Wildman–Crippen LogP) is 6.69. The number of fused-ring (bicyclic) bond motifs is 3. The molecule has 138 valence electrons. The first kappa shape index (κ1) is 17.6. The van der Waals surface area contributed by atoms with Crippen LogP contribution in [0.5, 0.6) is 5.75 Å². The van der Waals surface area contributed by atoms with Gasteiger partial charge in [0, 0.05) is 5.56 Å². The summed E-state index contributed by atoms with van der Waals surface area (Å²) in [4.78, 5) is 0. The van der Waals surface area contributed by atoms with Crippen molar-refractivity contribution in [2.45, 2.75) is 25.9 Å². The van der Waals surface area contributed by atoms with Crippen LogP contribution in [0, 0.1) is 11.6 Å². The Balaban J connectivity index is 1.82. The van der Waals surface area contributed by atoms with Crippen LogP contribution in [0.25, 0.3) is 22.3 Å². The molecule has 0 aliphatic carbocycles. The summed E-state index contributed by atoms with van der Waals surface area (Å²) >= 11 is 0. The molecule has 5 heteroatoms. The van der Waals surface area contributed by atoms with Crippen LogP contribution in [-0.2, 0) is 12.5 Å². The molecule has 0 amide bonds. The van der Waals surface area contributed by atoms with Gasteiger partial charge in [-0.15, -0.1) is 0 Å². The summed E-state index contributed by atoms with van der Waals surface area (Å²) < 4.78 is 61.0. The summed E-state index contributed by atoms with van der Waals surface area (Å²) in [5.74, 6) is -3.39. The molecule has 0 bridgehead atoms. The Morgan fingerprint density at radius 1 is 0.852 bits per heavy atom. The van der Waals surface area contributed by atoms with Gasteiger partial charge in [0.15, 0.2) is 11.6 Å². The highest BCUT2D eigenvalue weighted by molar-refractivity contribution is 5.79. The zero-order valence-electron chi connectivity index (χ0n) is 14.5. The second-order valence-electron chi connectivity index (χ2n) is 6.56. The molecule has 0 unspecified atom stereocenters. The minimum Gasteiger partial charge on any atom is -0.425 e. The van der Waals surface area contributed by atoms with Crippen molar-refractivity contribution in [1.82, 2.24) is 0 Å². The second-order valence-corrected chi connectivity index (χ2v) is 6.56. The summed E-state index contributed by atoms with van der Waals surface area (Å²) in [6.45, 7) is 2.09. The summed E-state index contributed by atoms with van der Waals surface area (Å²) in [5.41, 5.74) is 2.46. The van der Waals surface area contributed by atoms with Gasteiger partial charge in [0.25, 0.3) is 0 Å². The van der Waals surface area contributed by atoms with E-state index in [1.54, 1.807) is 6.07 Å². The van der Waals surface area contributed by atoms with Crippen molar-refractivity contribution in [2.24, 2.45) is 0 Å². The first-order chi connectivity index (χ1) is 12.9. The van der Waals surface area contributed by atoms with Crippen LogP contribution in [0.4, 0.5) is 17.6 Å². The summed E-state index contributed by atoms with van der Waals surface area (Å²) in [5, 5.41) is 0. The smallest absolute Gasteiger partial charge is 0.425 e. The number of hydrogen-bond acceptors (Lipinski definition) is 1. The number of ether oxygens (including phenoxy) is 1. The maximum absolute atomic E-state index is 14.5. The third-order valence-corrected chi connectivity index (χ3v) is 4.73. The highest BCUT2D eigenvalue weighted by Gasteiger charge is 2.43.